The molecule has 1 aromatic carbocycles. The summed E-state index contributed by atoms with van der Waals surface area (Å²) in [5.41, 5.74) is -1.79. The SMILES string of the molecule is C[C@H]1C(=O)N[C@@]2([C@@H](O)c3ccccc3)C(=O)O[C@@]12C. The summed E-state index contributed by atoms with van der Waals surface area (Å²) in [5, 5.41) is 13.2. The second-order valence-corrected chi connectivity index (χ2v) is 5.33. The van der Waals surface area contributed by atoms with E-state index in [2.05, 4.69) is 5.32 Å². The van der Waals surface area contributed by atoms with Gasteiger partial charge in [-0.15, -0.1) is 0 Å². The molecule has 0 saturated carbocycles. The standard InChI is InChI=1S/C14H15NO4/c1-8-11(17)15-14(12(18)19-13(8,14)2)10(16)9-6-4-3-5-7-9/h3-8,10,16H,1-2H3,(H,15,17)/t8-,10-,13-,14-/m0/s1. The zero-order chi connectivity index (χ0) is 13.8. The van der Waals surface area contributed by atoms with Crippen molar-refractivity contribution in [1.29, 1.82) is 0 Å². The molecule has 2 aliphatic rings. The Kier molecular flexibility index (Phi) is 2.29. The number of nitrogens with one attached hydrogen (secondary N) is 1. The predicted octanol–water partition coefficient (Wildman–Crippen LogP) is 0.540. The van der Waals surface area contributed by atoms with Gasteiger partial charge >= 0.3 is 5.97 Å². The molecule has 4 atom stereocenters. The van der Waals surface area contributed by atoms with Crippen molar-refractivity contribution < 1.29 is 19.4 Å². The lowest BCUT2D eigenvalue weighted by Gasteiger charge is -2.52. The number of hydrogen-bond donors (Lipinski definition) is 2. The highest BCUT2D eigenvalue weighted by Gasteiger charge is 2.78. The van der Waals surface area contributed by atoms with Gasteiger partial charge in [-0.2, -0.15) is 0 Å². The van der Waals surface area contributed by atoms with E-state index >= 15 is 0 Å². The first-order valence-electron chi connectivity index (χ1n) is 6.22. The average molecular weight is 261 g/mol. The Morgan fingerprint density at radius 3 is 2.47 bits per heavy atom. The van der Waals surface area contributed by atoms with Crippen molar-refractivity contribution in [2.45, 2.75) is 31.1 Å². The van der Waals surface area contributed by atoms with Gasteiger partial charge in [0.2, 0.25) is 11.4 Å². The second-order valence-electron chi connectivity index (χ2n) is 5.33. The van der Waals surface area contributed by atoms with Gasteiger partial charge in [0.05, 0.1) is 5.92 Å². The fraction of sp³-hybridized carbons (Fsp3) is 0.429. The fourth-order valence-electron chi connectivity index (χ4n) is 3.00. The van der Waals surface area contributed by atoms with E-state index in [9.17, 15) is 14.7 Å². The van der Waals surface area contributed by atoms with Crippen LogP contribution in [0.3, 0.4) is 0 Å². The zero-order valence-corrected chi connectivity index (χ0v) is 10.7. The number of ether oxygens (including phenoxy) is 1. The van der Waals surface area contributed by atoms with Gasteiger partial charge < -0.3 is 15.2 Å². The zero-order valence-electron chi connectivity index (χ0n) is 10.7. The highest BCUT2D eigenvalue weighted by molar-refractivity contribution is 6.01. The molecule has 5 nitrogen and oxygen atoms in total. The summed E-state index contributed by atoms with van der Waals surface area (Å²) < 4.78 is 5.20. The Balaban J connectivity index is 2.07. The third-order valence-corrected chi connectivity index (χ3v) is 4.48. The lowest BCUT2D eigenvalue weighted by molar-refractivity contribution is -0.234. The smallest absolute Gasteiger partial charge is 0.339 e. The summed E-state index contributed by atoms with van der Waals surface area (Å²) in [6.07, 6.45) is -1.12. The molecule has 0 spiro atoms. The summed E-state index contributed by atoms with van der Waals surface area (Å²) in [7, 11) is 0. The molecule has 2 fully saturated rings. The molecule has 0 aliphatic carbocycles. The van der Waals surface area contributed by atoms with Crippen LogP contribution in [0.5, 0.6) is 0 Å². The van der Waals surface area contributed by atoms with E-state index in [1.165, 1.54) is 0 Å². The van der Waals surface area contributed by atoms with Gasteiger partial charge in [-0.05, 0) is 19.4 Å². The van der Waals surface area contributed by atoms with Crippen molar-refractivity contribution in [3.8, 4) is 0 Å². The molecule has 100 valence electrons. The van der Waals surface area contributed by atoms with Crippen molar-refractivity contribution in [3.05, 3.63) is 35.9 Å². The van der Waals surface area contributed by atoms with Crippen molar-refractivity contribution in [2.75, 3.05) is 0 Å². The maximum atomic E-state index is 11.9. The van der Waals surface area contributed by atoms with E-state index in [-0.39, 0.29) is 5.91 Å². The summed E-state index contributed by atoms with van der Waals surface area (Å²) in [6, 6.07) is 8.82. The third kappa shape index (κ3) is 1.23. The third-order valence-electron chi connectivity index (χ3n) is 4.48. The van der Waals surface area contributed by atoms with E-state index in [1.54, 1.807) is 38.1 Å². The summed E-state index contributed by atoms with van der Waals surface area (Å²) in [5.74, 6) is -1.34. The first kappa shape index (κ1) is 12.2. The number of hydrogen-bond acceptors (Lipinski definition) is 4. The van der Waals surface area contributed by atoms with Crippen LogP contribution in [0.2, 0.25) is 0 Å². The number of carbonyl (C=O) groups excluding carboxylic acids is 2. The monoisotopic (exact) mass is 261 g/mol. The van der Waals surface area contributed by atoms with Crippen LogP contribution >= 0.6 is 0 Å². The van der Waals surface area contributed by atoms with Crippen molar-refractivity contribution in [3.63, 3.8) is 0 Å². The molecule has 0 radical (unpaired) electrons. The van der Waals surface area contributed by atoms with Crippen LogP contribution < -0.4 is 5.32 Å². The fourth-order valence-corrected chi connectivity index (χ4v) is 3.00. The predicted molar refractivity (Wildman–Crippen MR) is 65.9 cm³/mol. The molecule has 1 amide bonds. The van der Waals surface area contributed by atoms with Gasteiger partial charge in [0.15, 0.2) is 5.60 Å². The maximum Gasteiger partial charge on any atom is 0.339 e. The Hall–Kier alpha value is -1.88. The van der Waals surface area contributed by atoms with Crippen LogP contribution in [0.1, 0.15) is 25.5 Å². The number of amides is 1. The molecule has 2 N–H and O–H groups in total. The van der Waals surface area contributed by atoms with Crippen LogP contribution in [-0.4, -0.2) is 28.1 Å². The number of rotatable bonds is 2. The minimum Gasteiger partial charge on any atom is -0.453 e. The Bertz CT molecular complexity index is 558. The van der Waals surface area contributed by atoms with E-state index < -0.39 is 29.1 Å². The number of benzene rings is 1. The number of esters is 1. The van der Waals surface area contributed by atoms with Gasteiger partial charge in [0.25, 0.3) is 0 Å². The highest BCUT2D eigenvalue weighted by atomic mass is 16.6. The molecular formula is C14H15NO4. The van der Waals surface area contributed by atoms with Crippen molar-refractivity contribution in [2.24, 2.45) is 5.92 Å². The molecule has 0 aromatic heterocycles. The highest BCUT2D eigenvalue weighted by Crippen LogP contribution is 2.54. The van der Waals surface area contributed by atoms with Gasteiger partial charge in [-0.1, -0.05) is 30.3 Å². The molecule has 0 bridgehead atoms. The first-order chi connectivity index (χ1) is 8.93. The topological polar surface area (TPSA) is 75.6 Å². The lowest BCUT2D eigenvalue weighted by atomic mass is 9.68. The molecule has 0 unspecified atom stereocenters. The van der Waals surface area contributed by atoms with Crippen LogP contribution in [0.15, 0.2) is 30.3 Å². The van der Waals surface area contributed by atoms with Gasteiger partial charge in [0.1, 0.15) is 6.10 Å². The van der Waals surface area contributed by atoms with E-state index in [0.29, 0.717) is 5.56 Å². The molecule has 2 aliphatic heterocycles. The Morgan fingerprint density at radius 1 is 1.32 bits per heavy atom. The van der Waals surface area contributed by atoms with Crippen LogP contribution in [0.4, 0.5) is 0 Å². The van der Waals surface area contributed by atoms with Crippen molar-refractivity contribution in [1.82, 2.24) is 5.32 Å². The number of aliphatic hydroxyl groups excluding tert-OH is 1. The maximum absolute atomic E-state index is 11.9. The number of carbonyl (C=O) groups is 2. The Labute approximate surface area is 110 Å². The van der Waals surface area contributed by atoms with E-state index in [4.69, 9.17) is 4.74 Å². The largest absolute Gasteiger partial charge is 0.453 e. The van der Waals surface area contributed by atoms with Gasteiger partial charge in [0, 0.05) is 0 Å². The lowest BCUT2D eigenvalue weighted by Crippen LogP contribution is -2.76. The number of fused-ring (bicyclic) bond motifs is 1. The average Bonchev–Trinajstić information content (AvgIpc) is 2.57. The minimum atomic E-state index is -1.37. The molecule has 2 saturated heterocycles. The normalized spacial score (nSPS) is 37.9. The minimum absolute atomic E-state index is 0.275. The van der Waals surface area contributed by atoms with Gasteiger partial charge in [-0.3, -0.25) is 4.79 Å². The molecule has 19 heavy (non-hydrogen) atoms. The second kappa shape index (κ2) is 3.57. The van der Waals surface area contributed by atoms with Crippen molar-refractivity contribution >= 4 is 11.9 Å². The molecule has 2 heterocycles. The molecule has 1 aromatic rings. The molecule has 3 rings (SSSR count). The van der Waals surface area contributed by atoms with Gasteiger partial charge in [-0.25, -0.2) is 4.79 Å². The summed E-state index contributed by atoms with van der Waals surface area (Å²) in [6.45, 7) is 3.38. The Morgan fingerprint density at radius 2 is 1.95 bits per heavy atom. The summed E-state index contributed by atoms with van der Waals surface area (Å²) in [4.78, 5) is 23.8. The van der Waals surface area contributed by atoms with Crippen LogP contribution in [0.25, 0.3) is 0 Å². The van der Waals surface area contributed by atoms with Crippen LogP contribution in [0, 0.1) is 5.92 Å². The number of aliphatic hydroxyl groups is 1. The van der Waals surface area contributed by atoms with E-state index in [1.807, 2.05) is 6.07 Å². The molecule has 5 heteroatoms. The van der Waals surface area contributed by atoms with Crippen LogP contribution in [-0.2, 0) is 14.3 Å². The van der Waals surface area contributed by atoms with E-state index in [0.717, 1.165) is 0 Å². The molecular weight excluding hydrogens is 246 g/mol. The quantitative estimate of drug-likeness (QED) is 0.762. The summed E-state index contributed by atoms with van der Waals surface area (Å²) >= 11 is 0. The first-order valence-corrected chi connectivity index (χ1v) is 6.22.